The molecule has 1 nitrogen and oxygen atoms in total. The molecule has 0 fully saturated rings. The first-order valence-corrected chi connectivity index (χ1v) is 8.52. The highest BCUT2D eigenvalue weighted by atomic mass is 19.1. The maximum atomic E-state index is 13.0. The number of hydrogen-bond acceptors (Lipinski definition) is 1. The van der Waals surface area contributed by atoms with Crippen molar-refractivity contribution in [3.63, 3.8) is 0 Å². The van der Waals surface area contributed by atoms with Crippen molar-refractivity contribution in [1.82, 2.24) is 4.90 Å². The van der Waals surface area contributed by atoms with Gasteiger partial charge in [0.1, 0.15) is 5.82 Å². The lowest BCUT2D eigenvalue weighted by atomic mass is 10.1. The molecule has 0 saturated heterocycles. The molecular formula is C23H22FN. The molecule has 0 aliphatic carbocycles. The summed E-state index contributed by atoms with van der Waals surface area (Å²) in [4.78, 5) is 2.39. The van der Waals surface area contributed by atoms with E-state index in [2.05, 4.69) is 59.5 Å². The normalized spacial score (nSPS) is 11.3. The molecule has 0 saturated carbocycles. The minimum Gasteiger partial charge on any atom is -0.291 e. The van der Waals surface area contributed by atoms with Crippen molar-refractivity contribution in [3.8, 4) is 0 Å². The van der Waals surface area contributed by atoms with Crippen LogP contribution in [0.15, 0.2) is 91.0 Å². The van der Waals surface area contributed by atoms with Gasteiger partial charge in [0.25, 0.3) is 0 Å². The first-order valence-electron chi connectivity index (χ1n) is 8.52. The summed E-state index contributed by atoms with van der Waals surface area (Å²) in [5.74, 6) is -0.202. The monoisotopic (exact) mass is 331 g/mol. The van der Waals surface area contributed by atoms with Crippen LogP contribution in [0.2, 0.25) is 0 Å². The number of benzene rings is 3. The van der Waals surface area contributed by atoms with Crippen molar-refractivity contribution in [1.29, 1.82) is 0 Å². The summed E-state index contributed by atoms with van der Waals surface area (Å²) in [7, 11) is 0. The lowest BCUT2D eigenvalue weighted by Crippen LogP contribution is -2.22. The molecule has 0 N–H and O–H groups in total. The van der Waals surface area contributed by atoms with E-state index in [1.54, 1.807) is 12.1 Å². The van der Waals surface area contributed by atoms with Gasteiger partial charge in [-0.15, -0.1) is 0 Å². The molecule has 3 rings (SSSR count). The van der Waals surface area contributed by atoms with Crippen molar-refractivity contribution < 1.29 is 4.39 Å². The highest BCUT2D eigenvalue weighted by Crippen LogP contribution is 2.11. The molecule has 3 aromatic carbocycles. The fourth-order valence-corrected chi connectivity index (χ4v) is 2.78. The number of halogens is 1. The van der Waals surface area contributed by atoms with E-state index in [1.807, 2.05) is 18.2 Å². The van der Waals surface area contributed by atoms with Gasteiger partial charge >= 0.3 is 0 Å². The average Bonchev–Trinajstić information content (AvgIpc) is 2.65. The second-order valence-corrected chi connectivity index (χ2v) is 6.09. The van der Waals surface area contributed by atoms with Gasteiger partial charge < -0.3 is 0 Å². The molecule has 0 unspecified atom stereocenters. The molecule has 0 radical (unpaired) electrons. The molecule has 0 bridgehead atoms. The molecule has 25 heavy (non-hydrogen) atoms. The summed E-state index contributed by atoms with van der Waals surface area (Å²) < 4.78 is 13.0. The Kier molecular flexibility index (Phi) is 6.13. The van der Waals surface area contributed by atoms with Gasteiger partial charge in [0.15, 0.2) is 0 Å². The molecular weight excluding hydrogens is 309 g/mol. The van der Waals surface area contributed by atoms with Gasteiger partial charge in [-0.3, -0.25) is 4.90 Å². The summed E-state index contributed by atoms with van der Waals surface area (Å²) in [5, 5.41) is 0. The van der Waals surface area contributed by atoms with E-state index in [-0.39, 0.29) is 5.82 Å². The van der Waals surface area contributed by atoms with Crippen molar-refractivity contribution in [3.05, 3.63) is 114 Å². The summed E-state index contributed by atoms with van der Waals surface area (Å²) in [6.45, 7) is 2.62. The van der Waals surface area contributed by atoms with Gasteiger partial charge in [0, 0.05) is 19.6 Å². The largest absolute Gasteiger partial charge is 0.291 e. The van der Waals surface area contributed by atoms with Crippen LogP contribution < -0.4 is 0 Å². The van der Waals surface area contributed by atoms with Gasteiger partial charge in [0.2, 0.25) is 0 Å². The Hall–Kier alpha value is -2.71. The topological polar surface area (TPSA) is 3.24 Å². The highest BCUT2D eigenvalue weighted by Gasteiger charge is 2.05. The lowest BCUT2D eigenvalue weighted by molar-refractivity contribution is 0.286. The summed E-state index contributed by atoms with van der Waals surface area (Å²) in [5.41, 5.74) is 3.61. The SMILES string of the molecule is Fc1ccc(/C=C/CN(Cc2ccccc2)Cc2ccccc2)cc1. The summed E-state index contributed by atoms with van der Waals surface area (Å²) >= 11 is 0. The molecule has 3 aromatic rings. The van der Waals surface area contributed by atoms with E-state index in [4.69, 9.17) is 0 Å². The van der Waals surface area contributed by atoms with E-state index >= 15 is 0 Å². The van der Waals surface area contributed by atoms with Gasteiger partial charge in [-0.25, -0.2) is 4.39 Å². The minimum atomic E-state index is -0.202. The van der Waals surface area contributed by atoms with Crippen molar-refractivity contribution >= 4 is 6.08 Å². The molecule has 2 heteroatoms. The second-order valence-electron chi connectivity index (χ2n) is 6.09. The Morgan fingerprint density at radius 2 is 1.20 bits per heavy atom. The molecule has 0 amide bonds. The maximum absolute atomic E-state index is 13.0. The van der Waals surface area contributed by atoms with Crippen LogP contribution in [-0.2, 0) is 13.1 Å². The standard InChI is InChI=1S/C23H22FN/c24-23-15-13-20(14-16-23)12-7-17-25(18-21-8-3-1-4-9-21)19-22-10-5-2-6-11-22/h1-16H,17-19H2/b12-7+. The third-order valence-electron chi connectivity index (χ3n) is 4.04. The predicted molar refractivity (Wildman–Crippen MR) is 102 cm³/mol. The average molecular weight is 331 g/mol. The van der Waals surface area contributed by atoms with Gasteiger partial charge in [0.05, 0.1) is 0 Å². The number of nitrogens with zero attached hydrogens (tertiary/aromatic N) is 1. The van der Waals surface area contributed by atoms with E-state index in [0.29, 0.717) is 0 Å². The van der Waals surface area contributed by atoms with Crippen LogP contribution in [-0.4, -0.2) is 11.4 Å². The van der Waals surface area contributed by atoms with Gasteiger partial charge in [-0.2, -0.15) is 0 Å². The van der Waals surface area contributed by atoms with Crippen molar-refractivity contribution in [2.75, 3.05) is 6.54 Å². The van der Waals surface area contributed by atoms with Gasteiger partial charge in [-0.05, 0) is 28.8 Å². The first kappa shape index (κ1) is 17.1. The third-order valence-corrected chi connectivity index (χ3v) is 4.04. The Balaban J connectivity index is 1.68. The fourth-order valence-electron chi connectivity index (χ4n) is 2.78. The smallest absolute Gasteiger partial charge is 0.123 e. The van der Waals surface area contributed by atoms with Crippen LogP contribution in [0.4, 0.5) is 4.39 Å². The zero-order valence-corrected chi connectivity index (χ0v) is 14.2. The van der Waals surface area contributed by atoms with Gasteiger partial charge in [-0.1, -0.05) is 84.9 Å². The highest BCUT2D eigenvalue weighted by molar-refractivity contribution is 5.49. The van der Waals surface area contributed by atoms with Crippen molar-refractivity contribution in [2.45, 2.75) is 13.1 Å². The Morgan fingerprint density at radius 1 is 0.680 bits per heavy atom. The quantitative estimate of drug-likeness (QED) is 0.549. The molecule has 126 valence electrons. The Morgan fingerprint density at radius 3 is 1.72 bits per heavy atom. The zero-order chi connectivity index (χ0) is 17.3. The fraction of sp³-hybridized carbons (Fsp3) is 0.130. The zero-order valence-electron chi connectivity index (χ0n) is 14.2. The van der Waals surface area contributed by atoms with E-state index in [9.17, 15) is 4.39 Å². The number of hydrogen-bond donors (Lipinski definition) is 0. The molecule has 0 atom stereocenters. The first-order chi connectivity index (χ1) is 12.3. The van der Waals surface area contributed by atoms with Crippen molar-refractivity contribution in [2.24, 2.45) is 0 Å². The minimum absolute atomic E-state index is 0.202. The van der Waals surface area contributed by atoms with Crippen LogP contribution in [0.5, 0.6) is 0 Å². The maximum Gasteiger partial charge on any atom is 0.123 e. The predicted octanol–water partition coefficient (Wildman–Crippen LogP) is 5.54. The number of rotatable bonds is 7. The van der Waals surface area contributed by atoms with Crippen LogP contribution >= 0.6 is 0 Å². The molecule has 0 heterocycles. The van der Waals surface area contributed by atoms with E-state index < -0.39 is 0 Å². The second kappa shape index (κ2) is 8.95. The van der Waals surface area contributed by atoms with Crippen LogP contribution in [0.25, 0.3) is 6.08 Å². The third kappa shape index (κ3) is 5.70. The van der Waals surface area contributed by atoms with Crippen LogP contribution in [0, 0.1) is 5.82 Å². The molecule has 0 aliphatic rings. The summed E-state index contributed by atoms with van der Waals surface area (Å²) in [6.07, 6.45) is 4.18. The summed E-state index contributed by atoms with van der Waals surface area (Å²) in [6, 6.07) is 27.6. The lowest BCUT2D eigenvalue weighted by Gasteiger charge is -2.21. The Labute approximate surface area is 149 Å². The molecule has 0 aromatic heterocycles. The van der Waals surface area contributed by atoms with E-state index in [0.717, 1.165) is 25.2 Å². The molecule has 0 spiro atoms. The van der Waals surface area contributed by atoms with Crippen LogP contribution in [0.3, 0.4) is 0 Å². The van der Waals surface area contributed by atoms with E-state index in [1.165, 1.54) is 23.3 Å². The molecule has 0 aliphatic heterocycles. The van der Waals surface area contributed by atoms with Crippen LogP contribution in [0.1, 0.15) is 16.7 Å². The Bertz CT molecular complexity index is 738.